The molecular weight excluding hydrogens is 1280 g/mol. The van der Waals surface area contributed by atoms with Gasteiger partial charge in [-0.15, -0.1) is 0 Å². The minimum absolute atomic E-state index is 0.0875. The third-order valence-corrected chi connectivity index (χ3v) is 19.9. The SMILES string of the molecule is CCCCC/C=C\C/C=C\CCCCCCCC(=O)O[C@H](COC(=O)CCCCCCCCCCCCCCC)COP(=O)(O)OC[C@H](O)COP(=O)(O)OC[C@@H](COC(=O)CCCCCCCCCCCCCCCCCCC)OC(=O)CCCCCCCCCCCCCCC. The number of aliphatic hydroxyl groups is 1. The fourth-order valence-electron chi connectivity index (χ4n) is 11.7. The molecule has 0 heterocycles. The van der Waals surface area contributed by atoms with Gasteiger partial charge in [0, 0.05) is 25.7 Å². The summed E-state index contributed by atoms with van der Waals surface area (Å²) in [5.74, 6) is -2.13. The van der Waals surface area contributed by atoms with Gasteiger partial charge in [0.1, 0.15) is 19.3 Å². The van der Waals surface area contributed by atoms with Gasteiger partial charge in [0.2, 0.25) is 0 Å². The van der Waals surface area contributed by atoms with Crippen LogP contribution in [-0.2, 0) is 65.4 Å². The monoisotopic (exact) mass is 1430 g/mol. The smallest absolute Gasteiger partial charge is 0.462 e. The van der Waals surface area contributed by atoms with Crippen LogP contribution in [0.15, 0.2) is 24.3 Å². The number of aliphatic hydroxyl groups excluding tert-OH is 1. The van der Waals surface area contributed by atoms with E-state index < -0.39 is 97.5 Å². The lowest BCUT2D eigenvalue weighted by Gasteiger charge is -2.21. The van der Waals surface area contributed by atoms with Gasteiger partial charge >= 0.3 is 39.5 Å². The van der Waals surface area contributed by atoms with Gasteiger partial charge < -0.3 is 33.8 Å². The van der Waals surface area contributed by atoms with E-state index in [-0.39, 0.29) is 25.7 Å². The van der Waals surface area contributed by atoms with Crippen molar-refractivity contribution in [3.63, 3.8) is 0 Å². The minimum atomic E-state index is -4.96. The summed E-state index contributed by atoms with van der Waals surface area (Å²) < 4.78 is 68.6. The Balaban J connectivity index is 5.28. The number of hydrogen-bond acceptors (Lipinski definition) is 15. The molecule has 19 heteroatoms. The molecule has 5 atom stereocenters. The van der Waals surface area contributed by atoms with Gasteiger partial charge in [-0.2, -0.15) is 0 Å². The number of phosphoric ester groups is 2. The maximum atomic E-state index is 13.1. The van der Waals surface area contributed by atoms with Crippen molar-refractivity contribution in [3.8, 4) is 0 Å². The molecule has 98 heavy (non-hydrogen) atoms. The first-order valence-corrected chi connectivity index (χ1v) is 43.6. The van der Waals surface area contributed by atoms with Gasteiger partial charge in [-0.25, -0.2) is 9.13 Å². The zero-order valence-electron chi connectivity index (χ0n) is 63.2. The summed E-state index contributed by atoms with van der Waals surface area (Å²) in [4.78, 5) is 72.9. The number of unbranched alkanes of at least 4 members (excludes halogenated alkanes) is 48. The highest BCUT2D eigenvalue weighted by Gasteiger charge is 2.30. The second-order valence-corrected chi connectivity index (χ2v) is 30.6. The summed E-state index contributed by atoms with van der Waals surface area (Å²) in [6.07, 6.45) is 67.2. The second kappa shape index (κ2) is 72.9. The highest BCUT2D eigenvalue weighted by Crippen LogP contribution is 2.45. The van der Waals surface area contributed by atoms with Crippen LogP contribution in [0.2, 0.25) is 0 Å². The van der Waals surface area contributed by atoms with E-state index in [0.717, 1.165) is 109 Å². The average Bonchev–Trinajstić information content (AvgIpc) is 0.984. The van der Waals surface area contributed by atoms with Crippen LogP contribution < -0.4 is 0 Å². The number of ether oxygens (including phenoxy) is 4. The van der Waals surface area contributed by atoms with Crippen LogP contribution in [0.25, 0.3) is 0 Å². The lowest BCUT2D eigenvalue weighted by Crippen LogP contribution is -2.30. The zero-order chi connectivity index (χ0) is 71.8. The Bertz CT molecular complexity index is 1950. The van der Waals surface area contributed by atoms with E-state index in [2.05, 4.69) is 52.0 Å². The molecule has 0 aromatic rings. The first-order chi connectivity index (χ1) is 47.7. The van der Waals surface area contributed by atoms with Crippen LogP contribution in [0, 0.1) is 0 Å². The van der Waals surface area contributed by atoms with Crippen molar-refractivity contribution in [3.05, 3.63) is 24.3 Å². The summed E-state index contributed by atoms with van der Waals surface area (Å²) >= 11 is 0. The minimum Gasteiger partial charge on any atom is -0.462 e. The Hall–Kier alpha value is -2.46. The van der Waals surface area contributed by atoms with E-state index in [9.17, 15) is 43.2 Å². The molecule has 3 N–H and O–H groups in total. The zero-order valence-corrected chi connectivity index (χ0v) is 65.0. The first kappa shape index (κ1) is 95.5. The number of carbonyl (C=O) groups is 4. The standard InChI is InChI=1S/C79H150O17P2/c1-5-9-13-17-21-25-29-33-35-36-38-41-44-48-52-56-60-64-77(82)90-70-74(95-78(83)65-61-57-53-49-45-40-32-28-24-20-16-12-8-4)71-93-97(85,86)91-67-73(80)68-92-98(87,88)94-72-75(69-89-76(81)63-59-55-51-47-43-39-31-27-23-19-15-11-7-3)96-79(84)66-62-58-54-50-46-42-37-34-30-26-22-18-14-10-6-2/h22,26,34,37,73-75,80H,5-21,23-25,27-33,35-36,38-72H2,1-4H3,(H,85,86)(H,87,88)/b26-22-,37-34-/t73-,74-,75-/m1/s1. The van der Waals surface area contributed by atoms with Gasteiger partial charge in [-0.1, -0.05) is 341 Å². The van der Waals surface area contributed by atoms with Crippen molar-refractivity contribution in [1.29, 1.82) is 0 Å². The van der Waals surface area contributed by atoms with E-state index in [4.69, 9.17) is 37.0 Å². The Morgan fingerprint density at radius 2 is 0.500 bits per heavy atom. The number of hydrogen-bond donors (Lipinski definition) is 3. The van der Waals surface area contributed by atoms with Gasteiger partial charge in [0.15, 0.2) is 12.2 Å². The summed E-state index contributed by atoms with van der Waals surface area (Å²) in [7, 11) is -9.93. The van der Waals surface area contributed by atoms with Crippen molar-refractivity contribution < 1.29 is 80.2 Å². The molecule has 0 saturated carbocycles. The van der Waals surface area contributed by atoms with E-state index in [0.29, 0.717) is 25.7 Å². The van der Waals surface area contributed by atoms with Crippen LogP contribution in [0.1, 0.15) is 400 Å². The van der Waals surface area contributed by atoms with Crippen LogP contribution in [0.5, 0.6) is 0 Å². The molecule has 0 bridgehead atoms. The molecule has 2 unspecified atom stereocenters. The fourth-order valence-corrected chi connectivity index (χ4v) is 13.3. The lowest BCUT2D eigenvalue weighted by atomic mass is 10.0. The Morgan fingerprint density at radius 1 is 0.286 bits per heavy atom. The summed E-state index contributed by atoms with van der Waals surface area (Å²) in [6, 6.07) is 0. The van der Waals surface area contributed by atoms with Crippen molar-refractivity contribution in [2.75, 3.05) is 39.6 Å². The molecule has 0 rings (SSSR count). The fraction of sp³-hybridized carbons (Fsp3) is 0.899. The van der Waals surface area contributed by atoms with E-state index in [1.54, 1.807) is 0 Å². The van der Waals surface area contributed by atoms with Crippen molar-refractivity contribution in [2.24, 2.45) is 0 Å². The topological polar surface area (TPSA) is 237 Å². The van der Waals surface area contributed by atoms with Crippen LogP contribution in [0.4, 0.5) is 0 Å². The number of carbonyl (C=O) groups excluding carboxylic acids is 4. The second-order valence-electron chi connectivity index (χ2n) is 27.7. The van der Waals surface area contributed by atoms with Crippen molar-refractivity contribution in [1.82, 2.24) is 0 Å². The molecule has 17 nitrogen and oxygen atoms in total. The molecule has 0 aromatic heterocycles. The number of rotatable bonds is 78. The molecule has 0 aliphatic carbocycles. The quantitative estimate of drug-likeness (QED) is 0.0169. The molecular formula is C79H150O17P2. The maximum absolute atomic E-state index is 13.1. The number of phosphoric acid groups is 2. The molecule has 578 valence electrons. The average molecular weight is 1430 g/mol. The van der Waals surface area contributed by atoms with E-state index in [1.165, 1.54) is 212 Å². The first-order valence-electron chi connectivity index (χ1n) is 40.6. The molecule has 0 saturated heterocycles. The predicted octanol–water partition coefficient (Wildman–Crippen LogP) is 23.3. The van der Waals surface area contributed by atoms with Crippen LogP contribution in [0.3, 0.4) is 0 Å². The third-order valence-electron chi connectivity index (χ3n) is 17.9. The van der Waals surface area contributed by atoms with Gasteiger partial charge in [0.05, 0.1) is 26.4 Å². The Kier molecular flexibility index (Phi) is 71.0. The molecule has 0 aliphatic heterocycles. The van der Waals surface area contributed by atoms with Crippen LogP contribution in [-0.4, -0.2) is 96.7 Å². The highest BCUT2D eigenvalue weighted by atomic mass is 31.2. The van der Waals surface area contributed by atoms with Crippen molar-refractivity contribution in [2.45, 2.75) is 418 Å². The molecule has 0 spiro atoms. The van der Waals surface area contributed by atoms with Crippen molar-refractivity contribution >= 4 is 39.5 Å². The van der Waals surface area contributed by atoms with Gasteiger partial charge in [-0.05, 0) is 57.8 Å². The third kappa shape index (κ3) is 71.9. The van der Waals surface area contributed by atoms with E-state index in [1.807, 2.05) is 0 Å². The summed E-state index contributed by atoms with van der Waals surface area (Å²) in [5, 5.41) is 10.6. The predicted molar refractivity (Wildman–Crippen MR) is 400 cm³/mol. The molecule has 0 aliphatic rings. The number of allylic oxidation sites excluding steroid dienone is 4. The largest absolute Gasteiger partial charge is 0.472 e. The summed E-state index contributed by atoms with van der Waals surface area (Å²) in [5.41, 5.74) is 0. The molecule has 0 fully saturated rings. The molecule has 0 radical (unpaired) electrons. The van der Waals surface area contributed by atoms with Gasteiger partial charge in [-0.3, -0.25) is 37.3 Å². The Morgan fingerprint density at radius 3 is 0.776 bits per heavy atom. The van der Waals surface area contributed by atoms with Gasteiger partial charge in [0.25, 0.3) is 0 Å². The van der Waals surface area contributed by atoms with Crippen LogP contribution >= 0.6 is 15.6 Å². The normalized spacial score (nSPS) is 14.0. The number of esters is 4. The summed E-state index contributed by atoms with van der Waals surface area (Å²) in [6.45, 7) is 4.95. The highest BCUT2D eigenvalue weighted by molar-refractivity contribution is 7.47. The Labute approximate surface area is 599 Å². The molecule has 0 aromatic carbocycles. The lowest BCUT2D eigenvalue weighted by molar-refractivity contribution is -0.161. The van der Waals surface area contributed by atoms with E-state index >= 15 is 0 Å². The molecule has 0 amide bonds. The maximum Gasteiger partial charge on any atom is 0.472 e.